The van der Waals surface area contributed by atoms with Gasteiger partial charge in [-0.3, -0.25) is 4.79 Å². The average molecular weight is 384 g/mol. The molecule has 0 bridgehead atoms. The van der Waals surface area contributed by atoms with Crippen LogP contribution in [0.3, 0.4) is 0 Å². The lowest BCUT2D eigenvalue weighted by molar-refractivity contribution is -0.139. The molecule has 1 aliphatic heterocycles. The highest BCUT2D eigenvalue weighted by Gasteiger charge is 2.39. The van der Waals surface area contributed by atoms with E-state index in [1.54, 1.807) is 26.0 Å². The van der Waals surface area contributed by atoms with Gasteiger partial charge in [-0.05, 0) is 37.4 Å². The van der Waals surface area contributed by atoms with E-state index in [2.05, 4.69) is 5.32 Å². The number of rotatable bonds is 5. The van der Waals surface area contributed by atoms with Gasteiger partial charge in [0, 0.05) is 10.6 Å². The standard InChI is InChI=1S/C20H20N2O4S/c1-3-25-20(24)17-16(14-10-7-11-27-14)15(12(2)26-18(17)21)19(23)22-13-8-5-4-6-9-13/h4-11,16H,3,21H2,1-2H3,(H,22,23)/t16-/m0/s1. The predicted molar refractivity (Wildman–Crippen MR) is 104 cm³/mol. The number of benzene rings is 1. The molecule has 0 saturated carbocycles. The van der Waals surface area contributed by atoms with Crippen molar-refractivity contribution in [3.63, 3.8) is 0 Å². The minimum atomic E-state index is -0.651. The molecule has 7 heteroatoms. The van der Waals surface area contributed by atoms with Crippen molar-refractivity contribution in [3.05, 3.63) is 75.5 Å². The maximum Gasteiger partial charge on any atom is 0.340 e. The van der Waals surface area contributed by atoms with Crippen LogP contribution in [0, 0.1) is 0 Å². The maximum atomic E-state index is 13.1. The van der Waals surface area contributed by atoms with E-state index in [1.165, 1.54) is 11.3 Å². The topological polar surface area (TPSA) is 90.7 Å². The van der Waals surface area contributed by atoms with Crippen molar-refractivity contribution in [1.82, 2.24) is 0 Å². The Morgan fingerprint density at radius 2 is 1.93 bits per heavy atom. The number of thiophene rings is 1. The molecule has 1 atom stereocenters. The highest BCUT2D eigenvalue weighted by molar-refractivity contribution is 7.10. The van der Waals surface area contributed by atoms with Crippen LogP contribution in [-0.4, -0.2) is 18.5 Å². The van der Waals surface area contributed by atoms with Crippen LogP contribution >= 0.6 is 11.3 Å². The third-order valence-electron chi connectivity index (χ3n) is 4.08. The summed E-state index contributed by atoms with van der Waals surface area (Å²) in [6, 6.07) is 12.8. The third-order valence-corrected chi connectivity index (χ3v) is 5.02. The van der Waals surface area contributed by atoms with Gasteiger partial charge in [0.1, 0.15) is 11.3 Å². The molecule has 140 valence electrons. The van der Waals surface area contributed by atoms with E-state index in [0.717, 1.165) is 4.88 Å². The van der Waals surface area contributed by atoms with Gasteiger partial charge in [0.05, 0.1) is 18.1 Å². The fraction of sp³-hybridized carbons (Fsp3) is 0.200. The lowest BCUT2D eigenvalue weighted by Gasteiger charge is -2.28. The third kappa shape index (κ3) is 3.88. The largest absolute Gasteiger partial charge is 0.462 e. The smallest absolute Gasteiger partial charge is 0.340 e. The maximum absolute atomic E-state index is 13.1. The first kappa shape index (κ1) is 18.7. The number of para-hydroxylation sites is 1. The number of amides is 1. The molecule has 0 aliphatic carbocycles. The highest BCUT2D eigenvalue weighted by Crippen LogP contribution is 2.42. The number of nitrogens with one attached hydrogen (secondary N) is 1. The Morgan fingerprint density at radius 3 is 2.56 bits per heavy atom. The molecule has 1 amide bonds. The second-order valence-corrected chi connectivity index (χ2v) is 6.82. The molecular formula is C20H20N2O4S. The van der Waals surface area contributed by atoms with Crippen LogP contribution < -0.4 is 11.1 Å². The number of esters is 1. The minimum Gasteiger partial charge on any atom is -0.462 e. The van der Waals surface area contributed by atoms with E-state index in [-0.39, 0.29) is 24.0 Å². The van der Waals surface area contributed by atoms with Crippen molar-refractivity contribution in [2.75, 3.05) is 11.9 Å². The summed E-state index contributed by atoms with van der Waals surface area (Å²) in [5.41, 5.74) is 7.13. The van der Waals surface area contributed by atoms with E-state index >= 15 is 0 Å². The fourth-order valence-corrected chi connectivity index (χ4v) is 3.79. The van der Waals surface area contributed by atoms with Crippen LogP contribution in [0.4, 0.5) is 5.69 Å². The Morgan fingerprint density at radius 1 is 1.19 bits per heavy atom. The quantitative estimate of drug-likeness (QED) is 0.770. The molecule has 2 aromatic rings. The van der Waals surface area contributed by atoms with Crippen LogP contribution in [0.15, 0.2) is 70.6 Å². The molecular weight excluding hydrogens is 364 g/mol. The average Bonchev–Trinajstić information content (AvgIpc) is 3.16. The number of ether oxygens (including phenoxy) is 2. The monoisotopic (exact) mass is 384 g/mol. The zero-order chi connectivity index (χ0) is 19.4. The van der Waals surface area contributed by atoms with Crippen LogP contribution in [0.25, 0.3) is 0 Å². The van der Waals surface area contributed by atoms with Crippen molar-refractivity contribution in [2.24, 2.45) is 5.73 Å². The molecule has 1 aliphatic rings. The Bertz CT molecular complexity index is 901. The molecule has 0 saturated heterocycles. The van der Waals surface area contributed by atoms with E-state index in [0.29, 0.717) is 17.0 Å². The van der Waals surface area contributed by atoms with Gasteiger partial charge < -0.3 is 20.5 Å². The summed E-state index contributed by atoms with van der Waals surface area (Å²) in [7, 11) is 0. The summed E-state index contributed by atoms with van der Waals surface area (Å²) < 4.78 is 10.7. The minimum absolute atomic E-state index is 0.0411. The van der Waals surface area contributed by atoms with Crippen LogP contribution in [-0.2, 0) is 19.1 Å². The fourth-order valence-electron chi connectivity index (χ4n) is 2.94. The summed E-state index contributed by atoms with van der Waals surface area (Å²) >= 11 is 1.43. The lowest BCUT2D eigenvalue weighted by Crippen LogP contribution is -2.31. The molecule has 6 nitrogen and oxygen atoms in total. The van der Waals surface area contributed by atoms with Gasteiger partial charge in [-0.2, -0.15) is 0 Å². The lowest BCUT2D eigenvalue weighted by atomic mass is 9.86. The first-order valence-electron chi connectivity index (χ1n) is 8.48. The molecule has 0 unspecified atom stereocenters. The van der Waals surface area contributed by atoms with E-state index in [1.807, 2.05) is 35.7 Å². The molecule has 1 aromatic carbocycles. The number of hydrogen-bond donors (Lipinski definition) is 2. The van der Waals surface area contributed by atoms with Gasteiger partial charge >= 0.3 is 5.97 Å². The zero-order valence-electron chi connectivity index (χ0n) is 15.0. The number of nitrogens with two attached hydrogens (primary N) is 1. The molecule has 3 N–H and O–H groups in total. The Labute approximate surface area is 161 Å². The summed E-state index contributed by atoms with van der Waals surface area (Å²) in [6.45, 7) is 3.57. The molecule has 0 radical (unpaired) electrons. The number of anilines is 1. The van der Waals surface area contributed by atoms with Gasteiger partial charge in [0.25, 0.3) is 5.91 Å². The van der Waals surface area contributed by atoms with Gasteiger partial charge in [-0.15, -0.1) is 11.3 Å². The number of hydrogen-bond acceptors (Lipinski definition) is 6. The zero-order valence-corrected chi connectivity index (χ0v) is 15.8. The first-order chi connectivity index (χ1) is 13.0. The van der Waals surface area contributed by atoms with Crippen molar-refractivity contribution < 1.29 is 19.1 Å². The van der Waals surface area contributed by atoms with Gasteiger partial charge in [-0.1, -0.05) is 24.3 Å². The van der Waals surface area contributed by atoms with E-state index < -0.39 is 11.9 Å². The highest BCUT2D eigenvalue weighted by atomic mass is 32.1. The summed E-state index contributed by atoms with van der Waals surface area (Å²) in [4.78, 5) is 26.4. The van der Waals surface area contributed by atoms with Crippen molar-refractivity contribution in [3.8, 4) is 0 Å². The molecule has 27 heavy (non-hydrogen) atoms. The van der Waals surface area contributed by atoms with Gasteiger partial charge in [0.2, 0.25) is 5.88 Å². The molecule has 0 spiro atoms. The molecule has 2 heterocycles. The number of allylic oxidation sites excluding steroid dienone is 1. The summed E-state index contributed by atoms with van der Waals surface area (Å²) in [5, 5.41) is 4.73. The second kappa shape index (κ2) is 8.09. The Balaban J connectivity index is 2.03. The Hall–Kier alpha value is -3.06. The first-order valence-corrected chi connectivity index (χ1v) is 9.36. The van der Waals surface area contributed by atoms with E-state index in [4.69, 9.17) is 15.2 Å². The molecule has 0 fully saturated rings. The Kier molecular flexibility index (Phi) is 5.61. The normalized spacial score (nSPS) is 16.7. The van der Waals surface area contributed by atoms with Crippen molar-refractivity contribution in [2.45, 2.75) is 19.8 Å². The number of carbonyl (C=O) groups excluding carboxylic acids is 2. The van der Waals surface area contributed by atoms with E-state index in [9.17, 15) is 9.59 Å². The second-order valence-electron chi connectivity index (χ2n) is 5.84. The summed E-state index contributed by atoms with van der Waals surface area (Å²) in [6.07, 6.45) is 0. The summed E-state index contributed by atoms with van der Waals surface area (Å²) in [5.74, 6) is -1.29. The van der Waals surface area contributed by atoms with Gasteiger partial charge in [-0.25, -0.2) is 4.79 Å². The number of carbonyl (C=O) groups is 2. The van der Waals surface area contributed by atoms with Crippen LogP contribution in [0.5, 0.6) is 0 Å². The molecule has 1 aromatic heterocycles. The predicted octanol–water partition coefficient (Wildman–Crippen LogP) is 3.51. The SMILES string of the molecule is CCOC(=O)C1=C(N)OC(C)=C(C(=O)Nc2ccccc2)[C@@H]1c1cccs1. The van der Waals surface area contributed by atoms with Crippen LogP contribution in [0.1, 0.15) is 24.6 Å². The van der Waals surface area contributed by atoms with Crippen molar-refractivity contribution >= 4 is 28.9 Å². The molecule has 3 rings (SSSR count). The van der Waals surface area contributed by atoms with Gasteiger partial charge in [0.15, 0.2) is 0 Å². The van der Waals surface area contributed by atoms with Crippen LogP contribution in [0.2, 0.25) is 0 Å². The van der Waals surface area contributed by atoms with Crippen molar-refractivity contribution in [1.29, 1.82) is 0 Å².